The third kappa shape index (κ3) is 5.99. The Labute approximate surface area is 182 Å². The molecule has 1 heterocycles. The number of nitrogens with zero attached hydrogens (tertiary/aromatic N) is 1. The topological polar surface area (TPSA) is 61.4 Å². The second kappa shape index (κ2) is 10.1. The van der Waals surface area contributed by atoms with E-state index >= 15 is 0 Å². The number of nitrogens with one attached hydrogen (secondary N) is 2. The van der Waals surface area contributed by atoms with Gasteiger partial charge in [0.05, 0.1) is 26.8 Å². The van der Waals surface area contributed by atoms with Crippen molar-refractivity contribution in [3.8, 4) is 0 Å². The third-order valence-electron chi connectivity index (χ3n) is 5.47. The summed E-state index contributed by atoms with van der Waals surface area (Å²) in [6, 6.07) is 2.87. The van der Waals surface area contributed by atoms with Crippen molar-refractivity contribution in [1.82, 2.24) is 10.2 Å². The van der Waals surface area contributed by atoms with Crippen LogP contribution in [0.4, 0.5) is 5.69 Å². The van der Waals surface area contributed by atoms with Crippen molar-refractivity contribution in [2.24, 2.45) is 11.8 Å². The van der Waals surface area contributed by atoms with Crippen molar-refractivity contribution in [3.05, 3.63) is 27.2 Å². The molecule has 1 saturated heterocycles. The van der Waals surface area contributed by atoms with Crippen LogP contribution in [-0.2, 0) is 9.59 Å². The number of benzene rings is 1. The van der Waals surface area contributed by atoms with E-state index in [2.05, 4.69) is 29.4 Å². The second-order valence-corrected chi connectivity index (χ2v) is 8.98. The number of likely N-dealkylation sites (tertiary alicyclic amines) is 1. The number of hydrogen-bond donors (Lipinski definition) is 2. The first-order valence-corrected chi connectivity index (χ1v) is 10.7. The summed E-state index contributed by atoms with van der Waals surface area (Å²) in [4.78, 5) is 27.1. The van der Waals surface area contributed by atoms with Gasteiger partial charge in [-0.25, -0.2) is 0 Å². The van der Waals surface area contributed by atoms with Crippen LogP contribution in [0.25, 0.3) is 0 Å². The molecule has 0 spiro atoms. The molecule has 1 aromatic rings. The molecule has 0 aliphatic carbocycles. The first-order valence-electron chi connectivity index (χ1n) is 9.60. The number of hydrogen-bond acceptors (Lipinski definition) is 3. The standard InChI is InChI=1S/C20H28Cl3N3O2/c1-11(2)12(3)24-20(28)14-5-7-26(8-6-14)13(4)19(27)25-18-10-16(22)15(21)9-17(18)23/h9-14H,5-8H2,1-4H3,(H,24,28)(H,25,27). The summed E-state index contributed by atoms with van der Waals surface area (Å²) in [5.41, 5.74) is 0.435. The zero-order chi connectivity index (χ0) is 21.0. The average Bonchev–Trinajstić information content (AvgIpc) is 2.65. The first kappa shape index (κ1) is 23.3. The zero-order valence-electron chi connectivity index (χ0n) is 16.7. The van der Waals surface area contributed by atoms with Gasteiger partial charge >= 0.3 is 0 Å². The van der Waals surface area contributed by atoms with E-state index in [0.29, 0.717) is 39.8 Å². The fourth-order valence-corrected chi connectivity index (χ4v) is 3.67. The maximum atomic E-state index is 12.6. The molecule has 2 rings (SSSR count). The SMILES string of the molecule is CC(C)C(C)NC(=O)C1CCN(C(C)C(=O)Nc2cc(Cl)c(Cl)cc2Cl)CC1. The Hall–Kier alpha value is -1.01. The number of halogens is 3. The molecule has 8 heteroatoms. The van der Waals surface area contributed by atoms with E-state index in [1.807, 2.05) is 13.8 Å². The summed E-state index contributed by atoms with van der Waals surface area (Å²) < 4.78 is 0. The maximum absolute atomic E-state index is 12.6. The van der Waals surface area contributed by atoms with Crippen molar-refractivity contribution in [2.75, 3.05) is 18.4 Å². The number of piperidine rings is 1. The van der Waals surface area contributed by atoms with Gasteiger partial charge in [0.2, 0.25) is 11.8 Å². The summed E-state index contributed by atoms with van der Waals surface area (Å²) >= 11 is 18.1. The fourth-order valence-electron chi connectivity index (χ4n) is 3.08. The number of carbonyl (C=O) groups excluding carboxylic acids is 2. The molecule has 2 amide bonds. The van der Waals surface area contributed by atoms with Gasteiger partial charge in [-0.3, -0.25) is 14.5 Å². The van der Waals surface area contributed by atoms with Crippen LogP contribution in [0.2, 0.25) is 15.1 Å². The molecule has 2 N–H and O–H groups in total. The Balaban J connectivity index is 1.89. The molecule has 0 aromatic heterocycles. The van der Waals surface area contributed by atoms with Gasteiger partial charge < -0.3 is 10.6 Å². The van der Waals surface area contributed by atoms with Crippen molar-refractivity contribution in [2.45, 2.75) is 52.6 Å². The molecule has 5 nitrogen and oxygen atoms in total. The molecular formula is C20H28Cl3N3O2. The van der Waals surface area contributed by atoms with Gasteiger partial charge in [0.1, 0.15) is 0 Å². The predicted molar refractivity (Wildman–Crippen MR) is 116 cm³/mol. The lowest BCUT2D eigenvalue weighted by molar-refractivity contribution is -0.128. The lowest BCUT2D eigenvalue weighted by atomic mass is 9.94. The largest absolute Gasteiger partial charge is 0.353 e. The summed E-state index contributed by atoms with van der Waals surface area (Å²) in [5, 5.41) is 6.91. The molecule has 1 aliphatic rings. The van der Waals surface area contributed by atoms with E-state index in [1.54, 1.807) is 6.07 Å². The van der Waals surface area contributed by atoms with Crippen LogP contribution in [0.1, 0.15) is 40.5 Å². The Morgan fingerprint density at radius 2 is 1.57 bits per heavy atom. The van der Waals surface area contributed by atoms with Crippen molar-refractivity contribution >= 4 is 52.3 Å². The lowest BCUT2D eigenvalue weighted by Crippen LogP contribution is -2.49. The Morgan fingerprint density at radius 1 is 1.00 bits per heavy atom. The molecular weight excluding hydrogens is 421 g/mol. The molecule has 1 fully saturated rings. The molecule has 1 aromatic carbocycles. The normalized spacial score (nSPS) is 18.0. The van der Waals surface area contributed by atoms with E-state index in [4.69, 9.17) is 34.8 Å². The van der Waals surface area contributed by atoms with Gasteiger partial charge in [-0.2, -0.15) is 0 Å². The number of carbonyl (C=O) groups is 2. The van der Waals surface area contributed by atoms with Crippen LogP contribution < -0.4 is 10.6 Å². The third-order valence-corrected chi connectivity index (χ3v) is 6.50. The average molecular weight is 449 g/mol. The summed E-state index contributed by atoms with van der Waals surface area (Å²) in [7, 11) is 0. The van der Waals surface area contributed by atoms with Gasteiger partial charge in [-0.1, -0.05) is 48.7 Å². The Kier molecular flexibility index (Phi) is 8.44. The Bertz CT molecular complexity index is 719. The minimum atomic E-state index is -0.343. The quantitative estimate of drug-likeness (QED) is 0.612. The van der Waals surface area contributed by atoms with Crippen LogP contribution >= 0.6 is 34.8 Å². The van der Waals surface area contributed by atoms with E-state index < -0.39 is 0 Å². The summed E-state index contributed by atoms with van der Waals surface area (Å²) in [6.07, 6.45) is 1.48. The number of amides is 2. The van der Waals surface area contributed by atoms with Crippen molar-refractivity contribution in [3.63, 3.8) is 0 Å². The van der Waals surface area contributed by atoms with Crippen LogP contribution in [0.5, 0.6) is 0 Å². The van der Waals surface area contributed by atoms with Crippen molar-refractivity contribution < 1.29 is 9.59 Å². The number of rotatable bonds is 6. The van der Waals surface area contributed by atoms with Crippen LogP contribution in [0.3, 0.4) is 0 Å². The smallest absolute Gasteiger partial charge is 0.241 e. The van der Waals surface area contributed by atoms with E-state index in [-0.39, 0.29) is 29.8 Å². The van der Waals surface area contributed by atoms with Gasteiger partial charge in [0.25, 0.3) is 0 Å². The van der Waals surface area contributed by atoms with Crippen LogP contribution in [0.15, 0.2) is 12.1 Å². The minimum Gasteiger partial charge on any atom is -0.353 e. The lowest BCUT2D eigenvalue weighted by Gasteiger charge is -2.35. The van der Waals surface area contributed by atoms with E-state index in [1.165, 1.54) is 6.07 Å². The Morgan fingerprint density at radius 3 is 2.14 bits per heavy atom. The molecule has 2 atom stereocenters. The van der Waals surface area contributed by atoms with Crippen LogP contribution in [-0.4, -0.2) is 41.9 Å². The highest BCUT2D eigenvalue weighted by Crippen LogP contribution is 2.32. The van der Waals surface area contributed by atoms with Gasteiger partial charge in [0, 0.05) is 12.0 Å². The molecule has 28 heavy (non-hydrogen) atoms. The summed E-state index contributed by atoms with van der Waals surface area (Å²) in [5.74, 6) is 0.343. The van der Waals surface area contributed by atoms with Crippen molar-refractivity contribution in [1.29, 1.82) is 0 Å². The van der Waals surface area contributed by atoms with Gasteiger partial charge in [-0.15, -0.1) is 0 Å². The van der Waals surface area contributed by atoms with E-state index in [9.17, 15) is 9.59 Å². The number of anilines is 1. The van der Waals surface area contributed by atoms with E-state index in [0.717, 1.165) is 12.8 Å². The maximum Gasteiger partial charge on any atom is 0.241 e. The molecule has 0 bridgehead atoms. The molecule has 0 saturated carbocycles. The minimum absolute atomic E-state index is 0.00257. The van der Waals surface area contributed by atoms with Crippen LogP contribution in [0, 0.1) is 11.8 Å². The monoisotopic (exact) mass is 447 g/mol. The van der Waals surface area contributed by atoms with Gasteiger partial charge in [0.15, 0.2) is 0 Å². The first-order chi connectivity index (χ1) is 13.1. The highest BCUT2D eigenvalue weighted by Gasteiger charge is 2.30. The summed E-state index contributed by atoms with van der Waals surface area (Å²) in [6.45, 7) is 9.44. The van der Waals surface area contributed by atoms with Gasteiger partial charge in [-0.05, 0) is 57.8 Å². The predicted octanol–water partition coefficient (Wildman–Crippen LogP) is 4.85. The molecule has 156 valence electrons. The molecule has 1 aliphatic heterocycles. The second-order valence-electron chi connectivity index (χ2n) is 7.76. The zero-order valence-corrected chi connectivity index (χ0v) is 19.0. The molecule has 0 radical (unpaired) electrons. The highest BCUT2D eigenvalue weighted by molar-refractivity contribution is 6.44. The molecule has 2 unspecified atom stereocenters. The fraction of sp³-hybridized carbons (Fsp3) is 0.600. The highest BCUT2D eigenvalue weighted by atomic mass is 35.5.